The summed E-state index contributed by atoms with van der Waals surface area (Å²) in [7, 11) is 0. The molecule has 0 spiro atoms. The Kier molecular flexibility index (Phi) is 7.33. The van der Waals surface area contributed by atoms with E-state index in [1.165, 1.54) is 19.3 Å². The van der Waals surface area contributed by atoms with E-state index in [1.54, 1.807) is 0 Å². The molecule has 132 valence electrons. The second-order valence-electron chi connectivity index (χ2n) is 6.62. The molecule has 1 aliphatic heterocycles. The number of nitrogens with zero attached hydrogens (tertiary/aromatic N) is 2. The minimum absolute atomic E-state index is 0. The highest BCUT2D eigenvalue weighted by molar-refractivity contribution is 14.0. The van der Waals surface area contributed by atoms with E-state index in [-0.39, 0.29) is 29.9 Å². The van der Waals surface area contributed by atoms with Crippen LogP contribution in [0.3, 0.4) is 0 Å². The number of carbonyl (C=O) groups excluding carboxylic acids is 1. The Hall–Kier alpha value is -1.31. The van der Waals surface area contributed by atoms with Crippen LogP contribution >= 0.6 is 24.0 Å². The second-order valence-corrected chi connectivity index (χ2v) is 6.62. The van der Waals surface area contributed by atoms with Crippen LogP contribution in [0.25, 0.3) is 0 Å². The second kappa shape index (κ2) is 9.25. The molecule has 5 nitrogen and oxygen atoms in total. The van der Waals surface area contributed by atoms with Crippen molar-refractivity contribution in [1.29, 1.82) is 0 Å². The van der Waals surface area contributed by atoms with Crippen molar-refractivity contribution >= 4 is 35.8 Å². The molecule has 0 bridgehead atoms. The maximum absolute atomic E-state index is 11.7. The van der Waals surface area contributed by atoms with Gasteiger partial charge in [0.1, 0.15) is 0 Å². The van der Waals surface area contributed by atoms with Crippen LogP contribution in [0.1, 0.15) is 43.2 Å². The van der Waals surface area contributed by atoms with Gasteiger partial charge in [-0.1, -0.05) is 30.7 Å². The number of carbonyl (C=O) groups is 1. The van der Waals surface area contributed by atoms with Crippen LogP contribution in [-0.4, -0.2) is 29.9 Å². The molecule has 1 saturated carbocycles. The van der Waals surface area contributed by atoms with Crippen molar-refractivity contribution in [2.45, 2.75) is 45.2 Å². The van der Waals surface area contributed by atoms with Gasteiger partial charge in [-0.2, -0.15) is 0 Å². The number of amides is 1. The highest BCUT2D eigenvalue weighted by atomic mass is 127. The molecule has 3 N–H and O–H groups in total. The Bertz CT molecular complexity index is 586. The smallest absolute Gasteiger partial charge is 0.222 e. The molecule has 24 heavy (non-hydrogen) atoms. The van der Waals surface area contributed by atoms with Crippen LogP contribution < -0.4 is 11.1 Å². The molecule has 0 radical (unpaired) electrons. The van der Waals surface area contributed by atoms with E-state index in [2.05, 4.69) is 28.5 Å². The molecule has 2 aliphatic rings. The minimum atomic E-state index is 0. The highest BCUT2D eigenvalue weighted by Crippen LogP contribution is 2.25. The lowest BCUT2D eigenvalue weighted by Gasteiger charge is -2.25. The summed E-state index contributed by atoms with van der Waals surface area (Å²) in [5.41, 5.74) is 8.21. The van der Waals surface area contributed by atoms with E-state index in [0.29, 0.717) is 25.5 Å². The number of hydrogen-bond donors (Lipinski definition) is 2. The van der Waals surface area contributed by atoms with Crippen molar-refractivity contribution < 1.29 is 4.79 Å². The molecular weight excluding hydrogens is 415 g/mol. The average Bonchev–Trinajstić information content (AvgIpc) is 2.89. The number of rotatable bonds is 6. The molecule has 2 fully saturated rings. The lowest BCUT2D eigenvalue weighted by molar-refractivity contribution is -0.128. The molecule has 1 heterocycles. The van der Waals surface area contributed by atoms with Crippen molar-refractivity contribution in [2.24, 2.45) is 16.6 Å². The van der Waals surface area contributed by atoms with Gasteiger partial charge in [0, 0.05) is 26.1 Å². The predicted octanol–water partition coefficient (Wildman–Crippen LogP) is 2.63. The zero-order chi connectivity index (χ0) is 16.1. The number of benzene rings is 1. The number of nitrogens with one attached hydrogen (secondary N) is 1. The molecule has 0 atom stereocenters. The van der Waals surface area contributed by atoms with Gasteiger partial charge in [0.2, 0.25) is 5.91 Å². The number of hydrogen-bond acceptors (Lipinski definition) is 2. The Morgan fingerprint density at radius 3 is 2.75 bits per heavy atom. The van der Waals surface area contributed by atoms with E-state index >= 15 is 0 Å². The van der Waals surface area contributed by atoms with Gasteiger partial charge >= 0.3 is 0 Å². The van der Waals surface area contributed by atoms with Gasteiger partial charge in [-0.3, -0.25) is 4.79 Å². The summed E-state index contributed by atoms with van der Waals surface area (Å²) in [6, 6.07) is 8.27. The highest BCUT2D eigenvalue weighted by Gasteiger charge is 2.20. The Labute approximate surface area is 161 Å². The van der Waals surface area contributed by atoms with Crippen LogP contribution in [0.5, 0.6) is 0 Å². The lowest BCUT2D eigenvalue weighted by Crippen LogP contribution is -2.37. The summed E-state index contributed by atoms with van der Waals surface area (Å²) >= 11 is 0. The Morgan fingerprint density at radius 1 is 1.29 bits per heavy atom. The standard InChI is InChI=1S/C18H26N4O.HI/c19-18(20-11-14-4-1-5-14)21-12-15-6-2-7-16(10-15)13-22-9-3-8-17(22)23;/h2,6-7,10,14H,1,3-5,8-9,11-13H2,(H3,19,20,21);1H. The van der Waals surface area contributed by atoms with Gasteiger partial charge in [0.15, 0.2) is 5.96 Å². The fraction of sp³-hybridized carbons (Fsp3) is 0.556. The van der Waals surface area contributed by atoms with E-state index < -0.39 is 0 Å². The normalized spacial score (nSPS) is 18.2. The van der Waals surface area contributed by atoms with Crippen LogP contribution in [-0.2, 0) is 17.9 Å². The van der Waals surface area contributed by atoms with Crippen molar-refractivity contribution in [3.05, 3.63) is 35.4 Å². The first-order valence-corrected chi connectivity index (χ1v) is 8.60. The maximum atomic E-state index is 11.7. The first kappa shape index (κ1) is 19.0. The summed E-state index contributed by atoms with van der Waals surface area (Å²) in [6.07, 6.45) is 5.62. The summed E-state index contributed by atoms with van der Waals surface area (Å²) in [6.45, 7) is 3.09. The summed E-state index contributed by atoms with van der Waals surface area (Å²) < 4.78 is 0. The molecule has 1 aromatic rings. The van der Waals surface area contributed by atoms with Gasteiger partial charge in [-0.15, -0.1) is 24.0 Å². The topological polar surface area (TPSA) is 70.7 Å². The zero-order valence-electron chi connectivity index (χ0n) is 14.0. The average molecular weight is 442 g/mol. The van der Waals surface area contributed by atoms with Crippen LogP contribution in [0.15, 0.2) is 29.3 Å². The molecule has 1 amide bonds. The SMILES string of the molecule is I.NC(=NCc1cccc(CN2CCCC2=O)c1)NCC1CCC1. The van der Waals surface area contributed by atoms with Gasteiger partial charge < -0.3 is 16.0 Å². The molecular formula is C18H27IN4O. The molecule has 3 rings (SSSR count). The largest absolute Gasteiger partial charge is 0.370 e. The maximum Gasteiger partial charge on any atom is 0.222 e. The molecule has 6 heteroatoms. The third kappa shape index (κ3) is 5.36. The first-order chi connectivity index (χ1) is 11.2. The number of aliphatic imine (C=N–C) groups is 1. The summed E-state index contributed by atoms with van der Waals surface area (Å²) in [5, 5.41) is 3.21. The fourth-order valence-electron chi connectivity index (χ4n) is 3.10. The van der Waals surface area contributed by atoms with Crippen LogP contribution in [0.2, 0.25) is 0 Å². The zero-order valence-corrected chi connectivity index (χ0v) is 16.4. The lowest BCUT2D eigenvalue weighted by atomic mass is 9.85. The van der Waals surface area contributed by atoms with Gasteiger partial charge in [0.25, 0.3) is 0 Å². The molecule has 0 aromatic heterocycles. The van der Waals surface area contributed by atoms with Gasteiger partial charge in [-0.25, -0.2) is 4.99 Å². The van der Waals surface area contributed by atoms with E-state index in [9.17, 15) is 4.79 Å². The monoisotopic (exact) mass is 442 g/mol. The molecule has 1 aromatic carbocycles. The number of halogens is 1. The van der Waals surface area contributed by atoms with Crippen molar-refractivity contribution in [1.82, 2.24) is 10.2 Å². The number of nitrogens with two attached hydrogens (primary N) is 1. The van der Waals surface area contributed by atoms with Crippen molar-refractivity contribution in [3.63, 3.8) is 0 Å². The van der Waals surface area contributed by atoms with E-state index in [1.807, 2.05) is 11.0 Å². The number of guanidine groups is 1. The number of likely N-dealkylation sites (tertiary alicyclic amines) is 1. The van der Waals surface area contributed by atoms with Gasteiger partial charge in [-0.05, 0) is 36.3 Å². The Balaban J connectivity index is 0.00000208. The Morgan fingerprint density at radius 2 is 2.08 bits per heavy atom. The third-order valence-electron chi connectivity index (χ3n) is 4.76. The van der Waals surface area contributed by atoms with Crippen LogP contribution in [0.4, 0.5) is 0 Å². The summed E-state index contributed by atoms with van der Waals surface area (Å²) in [4.78, 5) is 18.1. The molecule has 0 unspecified atom stereocenters. The van der Waals surface area contributed by atoms with Crippen molar-refractivity contribution in [3.8, 4) is 0 Å². The quantitative estimate of drug-likeness (QED) is 0.404. The fourth-order valence-corrected chi connectivity index (χ4v) is 3.10. The third-order valence-corrected chi connectivity index (χ3v) is 4.76. The molecule has 1 aliphatic carbocycles. The van der Waals surface area contributed by atoms with Crippen molar-refractivity contribution in [2.75, 3.05) is 13.1 Å². The minimum Gasteiger partial charge on any atom is -0.370 e. The summed E-state index contributed by atoms with van der Waals surface area (Å²) in [5.74, 6) is 1.56. The van der Waals surface area contributed by atoms with E-state index in [0.717, 1.165) is 36.6 Å². The predicted molar refractivity (Wildman–Crippen MR) is 107 cm³/mol. The first-order valence-electron chi connectivity index (χ1n) is 8.60. The van der Waals surface area contributed by atoms with Gasteiger partial charge in [0.05, 0.1) is 6.54 Å². The van der Waals surface area contributed by atoms with Crippen LogP contribution in [0, 0.1) is 5.92 Å². The molecule has 1 saturated heterocycles. The van der Waals surface area contributed by atoms with E-state index in [4.69, 9.17) is 5.73 Å².